The highest BCUT2D eigenvalue weighted by Gasteiger charge is 2.54. The first kappa shape index (κ1) is 35.0. The molecule has 1 aromatic carbocycles. The predicted octanol–water partition coefficient (Wildman–Crippen LogP) is 2.63. The van der Waals surface area contributed by atoms with Crippen molar-refractivity contribution in [3.05, 3.63) is 27.5 Å². The van der Waals surface area contributed by atoms with E-state index in [0.29, 0.717) is 21.1 Å². The van der Waals surface area contributed by atoms with Crippen LogP contribution in [0.2, 0.25) is 15.3 Å². The number of aliphatic hydroxyl groups excluding tert-OH is 4. The van der Waals surface area contributed by atoms with Crippen molar-refractivity contribution in [3.63, 3.8) is 0 Å². The monoisotopic (exact) mass is 672 g/mol. The van der Waals surface area contributed by atoms with Crippen LogP contribution in [0.1, 0.15) is 40.8 Å². The first-order valence-corrected chi connectivity index (χ1v) is 14.9. The summed E-state index contributed by atoms with van der Waals surface area (Å²) in [6.45, 7) is 9.15. The van der Waals surface area contributed by atoms with Crippen molar-refractivity contribution in [3.8, 4) is 0 Å². The molecular formula is C27H39Cl3N2O11. The molecule has 4 aliphatic rings. The Hall–Kier alpha value is -0.880. The lowest BCUT2D eigenvalue weighted by Gasteiger charge is -2.22. The molecule has 6 rings (SSSR count). The third kappa shape index (κ3) is 7.26. The summed E-state index contributed by atoms with van der Waals surface area (Å²) >= 11 is 18.0. The van der Waals surface area contributed by atoms with Gasteiger partial charge in [0.25, 0.3) is 0 Å². The van der Waals surface area contributed by atoms with Crippen LogP contribution in [-0.2, 0) is 33.2 Å². The highest BCUT2D eigenvalue weighted by Crippen LogP contribution is 2.39. The SMILES string of the molecule is CC1OC(n2c(Cl)nc3cc(Cl)c(Cl)cc32)C(O)C1O.COC1OC(C)C(O)C1O.COC1OC(C)C2OC(C)(C)OC12. The molecule has 5 heterocycles. The summed E-state index contributed by atoms with van der Waals surface area (Å²) in [5.74, 6) is -0.510. The summed E-state index contributed by atoms with van der Waals surface area (Å²) in [6.07, 6.45) is -6.53. The second-order valence-corrected chi connectivity index (χ2v) is 12.3. The summed E-state index contributed by atoms with van der Waals surface area (Å²) in [7, 11) is 3.05. The van der Waals surface area contributed by atoms with Crippen molar-refractivity contribution < 1.29 is 53.6 Å². The van der Waals surface area contributed by atoms with Crippen LogP contribution in [0.25, 0.3) is 11.0 Å². The third-order valence-electron chi connectivity index (χ3n) is 7.59. The lowest BCUT2D eigenvalue weighted by atomic mass is 10.1. The fourth-order valence-electron chi connectivity index (χ4n) is 5.30. The number of benzene rings is 1. The molecule has 43 heavy (non-hydrogen) atoms. The van der Waals surface area contributed by atoms with E-state index >= 15 is 0 Å². The zero-order valence-electron chi connectivity index (χ0n) is 24.8. The fourth-order valence-corrected chi connectivity index (χ4v) is 5.89. The normalized spacial score (nSPS) is 39.8. The van der Waals surface area contributed by atoms with Crippen LogP contribution in [0, 0.1) is 0 Å². The number of aliphatic hydroxyl groups is 4. The van der Waals surface area contributed by atoms with Gasteiger partial charge < -0.3 is 53.6 Å². The topological polar surface area (TPSA) is 163 Å². The molecule has 244 valence electrons. The zero-order valence-corrected chi connectivity index (χ0v) is 27.0. The van der Waals surface area contributed by atoms with E-state index in [1.807, 2.05) is 20.8 Å². The average molecular weight is 674 g/mol. The number of fused-ring (bicyclic) bond motifs is 2. The van der Waals surface area contributed by atoms with E-state index in [-0.39, 0.29) is 36.0 Å². The molecule has 0 saturated carbocycles. The number of halogens is 3. The maximum atomic E-state index is 10.1. The average Bonchev–Trinajstić information content (AvgIpc) is 3.67. The van der Waals surface area contributed by atoms with E-state index in [1.165, 1.54) is 11.7 Å². The third-order valence-corrected chi connectivity index (χ3v) is 8.58. The maximum Gasteiger partial charge on any atom is 0.206 e. The van der Waals surface area contributed by atoms with Gasteiger partial charge in [0.15, 0.2) is 24.6 Å². The Balaban J connectivity index is 0.000000159. The van der Waals surface area contributed by atoms with Gasteiger partial charge in [-0.25, -0.2) is 4.98 Å². The van der Waals surface area contributed by atoms with Crippen LogP contribution in [-0.4, -0.2) is 117 Å². The summed E-state index contributed by atoms with van der Waals surface area (Å²) in [6, 6.07) is 3.19. The van der Waals surface area contributed by atoms with Gasteiger partial charge in [0, 0.05) is 14.2 Å². The Morgan fingerprint density at radius 1 is 0.744 bits per heavy atom. The van der Waals surface area contributed by atoms with Gasteiger partial charge in [-0.2, -0.15) is 0 Å². The van der Waals surface area contributed by atoms with Gasteiger partial charge in [-0.3, -0.25) is 4.57 Å². The van der Waals surface area contributed by atoms with Crippen LogP contribution in [0.15, 0.2) is 12.1 Å². The lowest BCUT2D eigenvalue weighted by Crippen LogP contribution is -2.32. The van der Waals surface area contributed by atoms with Crippen molar-refractivity contribution in [2.75, 3.05) is 14.2 Å². The molecule has 4 saturated heterocycles. The largest absolute Gasteiger partial charge is 0.388 e. The van der Waals surface area contributed by atoms with E-state index in [2.05, 4.69) is 4.98 Å². The molecule has 0 amide bonds. The second-order valence-electron chi connectivity index (χ2n) is 11.2. The van der Waals surface area contributed by atoms with E-state index in [0.717, 1.165) is 0 Å². The second kappa shape index (κ2) is 13.9. The molecule has 13 nitrogen and oxygen atoms in total. The highest BCUT2D eigenvalue weighted by molar-refractivity contribution is 6.42. The number of imidazole rings is 1. The van der Waals surface area contributed by atoms with E-state index in [1.54, 1.807) is 33.1 Å². The van der Waals surface area contributed by atoms with Gasteiger partial charge >= 0.3 is 0 Å². The Morgan fingerprint density at radius 3 is 1.79 bits per heavy atom. The summed E-state index contributed by atoms with van der Waals surface area (Å²) in [5.41, 5.74) is 1.11. The molecule has 0 bridgehead atoms. The number of hydrogen-bond acceptors (Lipinski definition) is 12. The minimum atomic E-state index is -1.10. The standard InChI is InChI=1S/C12H11Cl3N2O3.C9H16O4.C6H12O4/c1-4-9(18)10(19)11(20-4)17-8-3-6(14)5(13)2-7(8)16-12(17)15;1-5-6-7(8(10-4)11-5)13-9(2,3)12-6;1-3-4(7)5(8)6(9-2)10-3/h2-4,9-11,18-19H,1H3;5-8H,1-4H3;3-8H,1-2H3. The molecule has 0 spiro atoms. The van der Waals surface area contributed by atoms with Crippen molar-refractivity contribution >= 4 is 45.8 Å². The first-order chi connectivity index (χ1) is 20.1. The van der Waals surface area contributed by atoms with Gasteiger partial charge in [-0.05, 0) is 58.4 Å². The van der Waals surface area contributed by atoms with Crippen molar-refractivity contribution in [2.45, 2.75) is 114 Å². The van der Waals surface area contributed by atoms with Crippen molar-refractivity contribution in [2.24, 2.45) is 0 Å². The van der Waals surface area contributed by atoms with Crippen LogP contribution in [0.3, 0.4) is 0 Å². The van der Waals surface area contributed by atoms with Gasteiger partial charge in [0.1, 0.15) is 36.6 Å². The predicted molar refractivity (Wildman–Crippen MR) is 155 cm³/mol. The van der Waals surface area contributed by atoms with Gasteiger partial charge in [-0.15, -0.1) is 0 Å². The molecule has 0 aliphatic carbocycles. The molecule has 4 N–H and O–H groups in total. The molecular weight excluding hydrogens is 635 g/mol. The molecule has 0 radical (unpaired) electrons. The Kier molecular flexibility index (Phi) is 11.3. The fraction of sp³-hybridized carbons (Fsp3) is 0.741. The van der Waals surface area contributed by atoms with Gasteiger partial charge in [-0.1, -0.05) is 23.2 Å². The first-order valence-electron chi connectivity index (χ1n) is 13.7. The number of ether oxygens (including phenoxy) is 7. The molecule has 1 aromatic heterocycles. The molecule has 12 atom stereocenters. The molecule has 4 aliphatic heterocycles. The van der Waals surface area contributed by atoms with Gasteiger partial charge in [0.2, 0.25) is 5.28 Å². The molecule has 12 unspecified atom stereocenters. The molecule has 4 fully saturated rings. The quantitative estimate of drug-likeness (QED) is 0.377. The number of aromatic nitrogens is 2. The minimum Gasteiger partial charge on any atom is -0.388 e. The number of hydrogen-bond donors (Lipinski definition) is 4. The molecule has 2 aromatic rings. The van der Waals surface area contributed by atoms with E-state index in [4.69, 9.17) is 78.2 Å². The Labute approximate surface area is 264 Å². The number of rotatable bonds is 3. The summed E-state index contributed by atoms with van der Waals surface area (Å²) in [4.78, 5) is 4.16. The maximum absolute atomic E-state index is 10.1. The van der Waals surface area contributed by atoms with E-state index < -0.39 is 48.8 Å². The zero-order chi connectivity index (χ0) is 32.0. The van der Waals surface area contributed by atoms with Crippen molar-refractivity contribution in [1.29, 1.82) is 0 Å². The van der Waals surface area contributed by atoms with Crippen molar-refractivity contribution in [1.82, 2.24) is 9.55 Å². The summed E-state index contributed by atoms with van der Waals surface area (Å²) in [5, 5.41) is 38.9. The van der Waals surface area contributed by atoms with Crippen LogP contribution in [0.4, 0.5) is 0 Å². The van der Waals surface area contributed by atoms with Crippen LogP contribution >= 0.6 is 34.8 Å². The molecule has 16 heteroatoms. The van der Waals surface area contributed by atoms with Gasteiger partial charge in [0.05, 0.1) is 39.4 Å². The number of methoxy groups -OCH3 is 2. The van der Waals surface area contributed by atoms with E-state index in [9.17, 15) is 10.2 Å². The summed E-state index contributed by atoms with van der Waals surface area (Å²) < 4.78 is 38.8. The van der Waals surface area contributed by atoms with Crippen LogP contribution in [0.5, 0.6) is 0 Å². The minimum absolute atomic E-state index is 0.0000463. The van der Waals surface area contributed by atoms with Crippen LogP contribution < -0.4 is 0 Å². The lowest BCUT2D eigenvalue weighted by molar-refractivity contribution is -0.224. The highest BCUT2D eigenvalue weighted by atomic mass is 35.5. The Bertz CT molecular complexity index is 1250. The number of nitrogens with zero attached hydrogens (tertiary/aromatic N) is 2. The Morgan fingerprint density at radius 2 is 1.28 bits per heavy atom. The smallest absolute Gasteiger partial charge is 0.206 e.